The number of ether oxygens (including phenoxy) is 1. The highest BCUT2D eigenvalue weighted by Crippen LogP contribution is 2.41. The summed E-state index contributed by atoms with van der Waals surface area (Å²) in [4.78, 5) is 20.6. The fraction of sp³-hybridized carbons (Fsp3) is 0.304. The fourth-order valence-electron chi connectivity index (χ4n) is 3.84. The van der Waals surface area contributed by atoms with Crippen molar-refractivity contribution in [1.29, 1.82) is 0 Å². The summed E-state index contributed by atoms with van der Waals surface area (Å²) in [6, 6.07) is 13.3. The zero-order valence-electron chi connectivity index (χ0n) is 16.7. The summed E-state index contributed by atoms with van der Waals surface area (Å²) in [5.41, 5.74) is 1.35. The first kappa shape index (κ1) is 21.0. The van der Waals surface area contributed by atoms with Gasteiger partial charge < -0.3 is 9.84 Å². The Kier molecular flexibility index (Phi) is 6.49. The van der Waals surface area contributed by atoms with Crippen molar-refractivity contribution in [2.75, 3.05) is 7.11 Å². The molecule has 2 fully saturated rings. The van der Waals surface area contributed by atoms with E-state index >= 15 is 0 Å². The molecule has 2 aliphatic rings. The number of rotatable bonds is 4. The smallest absolute Gasteiger partial charge is 0.267 e. The maximum Gasteiger partial charge on any atom is 0.267 e. The number of phenolic OH excluding ortho intramolecular Hbond substituents is 1. The fourth-order valence-corrected chi connectivity index (χ4v) is 5.34. The van der Waals surface area contributed by atoms with E-state index in [9.17, 15) is 9.90 Å². The Morgan fingerprint density at radius 2 is 1.93 bits per heavy atom. The van der Waals surface area contributed by atoms with Crippen molar-refractivity contribution in [2.24, 2.45) is 4.99 Å². The average Bonchev–Trinajstić information content (AvgIpc) is 3.06. The van der Waals surface area contributed by atoms with Crippen LogP contribution >= 0.6 is 27.7 Å². The van der Waals surface area contributed by atoms with Crippen molar-refractivity contribution >= 4 is 50.5 Å². The first-order valence-corrected chi connectivity index (χ1v) is 11.6. The minimum Gasteiger partial charge on any atom is -0.504 e. The van der Waals surface area contributed by atoms with Crippen LogP contribution in [-0.4, -0.2) is 34.2 Å². The predicted octanol–water partition coefficient (Wildman–Crippen LogP) is 6.10. The van der Waals surface area contributed by atoms with E-state index < -0.39 is 0 Å². The van der Waals surface area contributed by atoms with Crippen molar-refractivity contribution in [3.63, 3.8) is 0 Å². The molecule has 1 N–H and O–H groups in total. The van der Waals surface area contributed by atoms with Gasteiger partial charge in [-0.15, -0.1) is 0 Å². The number of nitrogens with zero attached hydrogens (tertiary/aromatic N) is 2. The van der Waals surface area contributed by atoms with Gasteiger partial charge in [-0.1, -0.05) is 53.4 Å². The number of carbonyl (C=O) groups is 1. The van der Waals surface area contributed by atoms with Crippen molar-refractivity contribution in [3.8, 4) is 11.5 Å². The van der Waals surface area contributed by atoms with Crippen molar-refractivity contribution in [3.05, 3.63) is 57.4 Å². The number of aromatic hydroxyl groups is 1. The summed E-state index contributed by atoms with van der Waals surface area (Å²) in [6.07, 6.45) is 7.16. The molecule has 156 valence electrons. The Morgan fingerprint density at radius 3 is 2.63 bits per heavy atom. The predicted molar refractivity (Wildman–Crippen MR) is 125 cm³/mol. The molecule has 0 bridgehead atoms. The van der Waals surface area contributed by atoms with Crippen LogP contribution in [-0.2, 0) is 4.79 Å². The molecule has 1 amide bonds. The van der Waals surface area contributed by atoms with E-state index in [1.54, 1.807) is 18.2 Å². The lowest BCUT2D eigenvalue weighted by Crippen LogP contribution is -2.40. The third-order valence-electron chi connectivity index (χ3n) is 5.33. The number of hydrogen-bond donors (Lipinski definition) is 1. The largest absolute Gasteiger partial charge is 0.504 e. The van der Waals surface area contributed by atoms with Crippen molar-refractivity contribution in [2.45, 2.75) is 38.1 Å². The molecule has 5 nitrogen and oxygen atoms in total. The molecule has 2 aromatic carbocycles. The van der Waals surface area contributed by atoms with Gasteiger partial charge in [-0.2, -0.15) is 0 Å². The lowest BCUT2D eigenvalue weighted by molar-refractivity contribution is -0.124. The van der Waals surface area contributed by atoms with Crippen LogP contribution in [0, 0.1) is 0 Å². The average molecular weight is 487 g/mol. The van der Waals surface area contributed by atoms with Gasteiger partial charge in [0.25, 0.3) is 5.91 Å². The first-order chi connectivity index (χ1) is 14.6. The quantitative estimate of drug-likeness (QED) is 0.530. The molecule has 4 rings (SSSR count). The molecule has 1 heterocycles. The summed E-state index contributed by atoms with van der Waals surface area (Å²) in [6.45, 7) is 0. The number of methoxy groups -OCH3 is 1. The zero-order valence-corrected chi connectivity index (χ0v) is 19.1. The molecule has 1 saturated carbocycles. The number of thioether (sulfide) groups is 1. The standard InChI is InChI=1S/C23H23BrN2O3S/c1-29-19-14-16(24)12-15(21(19)27)13-20-22(28)26(18-10-6-3-7-11-18)23(30-20)25-17-8-4-2-5-9-17/h2,4-5,8-9,12-14,18,27H,3,6-7,10-11H2,1H3/b20-13-,25-23?. The molecular formula is C23H23BrN2O3S. The number of phenols is 1. The maximum atomic E-state index is 13.4. The van der Waals surface area contributed by atoms with E-state index in [2.05, 4.69) is 15.9 Å². The second-order valence-corrected chi connectivity index (χ2v) is 9.28. The van der Waals surface area contributed by atoms with E-state index in [0.717, 1.165) is 35.8 Å². The second kappa shape index (κ2) is 9.27. The van der Waals surface area contributed by atoms with Gasteiger partial charge in [0.2, 0.25) is 0 Å². The number of para-hydroxylation sites is 1. The summed E-state index contributed by atoms with van der Waals surface area (Å²) in [5, 5.41) is 11.2. The van der Waals surface area contributed by atoms with Gasteiger partial charge in [0.1, 0.15) is 0 Å². The van der Waals surface area contributed by atoms with Crippen LogP contribution in [0.3, 0.4) is 0 Å². The highest BCUT2D eigenvalue weighted by molar-refractivity contribution is 9.10. The normalized spacial score (nSPS) is 20.3. The van der Waals surface area contributed by atoms with E-state index in [-0.39, 0.29) is 17.7 Å². The topological polar surface area (TPSA) is 62.1 Å². The Bertz CT molecular complexity index is 1000. The summed E-state index contributed by atoms with van der Waals surface area (Å²) < 4.78 is 6.00. The third-order valence-corrected chi connectivity index (χ3v) is 6.77. The van der Waals surface area contributed by atoms with Crippen LogP contribution < -0.4 is 4.74 Å². The van der Waals surface area contributed by atoms with E-state index in [0.29, 0.717) is 21.4 Å². The molecule has 0 atom stereocenters. The number of carbonyl (C=O) groups excluding carboxylic acids is 1. The highest BCUT2D eigenvalue weighted by atomic mass is 79.9. The number of hydrogen-bond acceptors (Lipinski definition) is 5. The Hall–Kier alpha value is -2.25. The van der Waals surface area contributed by atoms with Crippen LogP contribution in [0.25, 0.3) is 6.08 Å². The molecule has 0 unspecified atom stereocenters. The van der Waals surface area contributed by atoms with E-state index in [4.69, 9.17) is 9.73 Å². The lowest BCUT2D eigenvalue weighted by atomic mass is 9.94. The Labute approximate surface area is 189 Å². The second-order valence-electron chi connectivity index (χ2n) is 7.35. The number of amidine groups is 1. The van der Waals surface area contributed by atoms with Crippen LogP contribution in [0.15, 0.2) is 56.8 Å². The van der Waals surface area contributed by atoms with Gasteiger partial charge >= 0.3 is 0 Å². The van der Waals surface area contributed by atoms with Gasteiger partial charge in [0.05, 0.1) is 17.7 Å². The molecule has 2 aromatic rings. The summed E-state index contributed by atoms with van der Waals surface area (Å²) >= 11 is 4.80. The zero-order chi connectivity index (χ0) is 21.1. The van der Waals surface area contributed by atoms with Crippen molar-refractivity contribution in [1.82, 2.24) is 4.90 Å². The molecule has 1 saturated heterocycles. The van der Waals surface area contributed by atoms with Crippen LogP contribution in [0.1, 0.15) is 37.7 Å². The molecular weight excluding hydrogens is 464 g/mol. The van der Waals surface area contributed by atoms with E-state index in [1.807, 2.05) is 35.2 Å². The molecule has 30 heavy (non-hydrogen) atoms. The van der Waals surface area contributed by atoms with Crippen molar-refractivity contribution < 1.29 is 14.6 Å². The minimum absolute atomic E-state index is 0.0132. The van der Waals surface area contributed by atoms with Crippen LogP contribution in [0.5, 0.6) is 11.5 Å². The minimum atomic E-state index is -0.0556. The monoisotopic (exact) mass is 486 g/mol. The van der Waals surface area contributed by atoms with Gasteiger partial charge in [-0.3, -0.25) is 9.69 Å². The molecule has 7 heteroatoms. The summed E-state index contributed by atoms with van der Waals surface area (Å²) in [7, 11) is 1.50. The maximum absolute atomic E-state index is 13.4. The Morgan fingerprint density at radius 1 is 1.20 bits per heavy atom. The molecule has 0 spiro atoms. The highest BCUT2D eigenvalue weighted by Gasteiger charge is 2.38. The molecule has 1 aliphatic heterocycles. The number of aliphatic imine (C=N–C) groups is 1. The SMILES string of the molecule is COc1cc(Br)cc(/C=C2\SC(=Nc3ccccc3)N(C3CCCCC3)C2=O)c1O. The Balaban J connectivity index is 1.74. The number of amides is 1. The van der Waals surface area contributed by atoms with E-state index in [1.165, 1.54) is 25.3 Å². The van der Waals surface area contributed by atoms with Crippen LogP contribution in [0.2, 0.25) is 0 Å². The van der Waals surface area contributed by atoms with Gasteiger partial charge in [0, 0.05) is 16.1 Å². The molecule has 0 radical (unpaired) electrons. The number of benzene rings is 2. The van der Waals surface area contributed by atoms with Gasteiger partial charge in [-0.05, 0) is 54.9 Å². The number of halogens is 1. The van der Waals surface area contributed by atoms with Gasteiger partial charge in [0.15, 0.2) is 16.7 Å². The lowest BCUT2D eigenvalue weighted by Gasteiger charge is -2.30. The van der Waals surface area contributed by atoms with Crippen LogP contribution in [0.4, 0.5) is 5.69 Å². The first-order valence-electron chi connectivity index (χ1n) is 10.00. The molecule has 1 aliphatic carbocycles. The summed E-state index contributed by atoms with van der Waals surface area (Å²) in [5.74, 6) is 0.313. The molecule has 0 aromatic heterocycles. The third kappa shape index (κ3) is 4.42. The van der Waals surface area contributed by atoms with Gasteiger partial charge in [-0.25, -0.2) is 4.99 Å².